The summed E-state index contributed by atoms with van der Waals surface area (Å²) in [6.07, 6.45) is 7.12. The largest absolute Gasteiger partial charge is 0.341 e. The van der Waals surface area contributed by atoms with Crippen LogP contribution in [0, 0.1) is 5.41 Å². The van der Waals surface area contributed by atoms with Gasteiger partial charge in [0.2, 0.25) is 5.91 Å². The molecule has 0 bridgehead atoms. The van der Waals surface area contributed by atoms with Gasteiger partial charge in [-0.1, -0.05) is 20.8 Å². The average Bonchev–Trinajstić information content (AvgIpc) is 2.84. The quantitative estimate of drug-likeness (QED) is 0.784. The zero-order valence-corrected chi connectivity index (χ0v) is 13.0. The molecule has 0 aromatic rings. The Balaban J connectivity index is 1.88. The van der Waals surface area contributed by atoms with E-state index in [4.69, 9.17) is 0 Å². The lowest BCUT2D eigenvalue weighted by Gasteiger charge is -2.33. The smallest absolute Gasteiger partial charge is 0.239 e. The summed E-state index contributed by atoms with van der Waals surface area (Å²) >= 11 is 0. The molecule has 0 aromatic heterocycles. The fourth-order valence-corrected chi connectivity index (χ4v) is 3.18. The van der Waals surface area contributed by atoms with Gasteiger partial charge in [0.15, 0.2) is 0 Å². The third-order valence-corrected chi connectivity index (χ3v) is 4.47. The molecule has 3 heteroatoms. The van der Waals surface area contributed by atoms with E-state index in [1.54, 1.807) is 0 Å². The molecule has 110 valence electrons. The summed E-state index contributed by atoms with van der Waals surface area (Å²) in [5, 5.41) is 0. The van der Waals surface area contributed by atoms with E-state index in [9.17, 15) is 4.79 Å². The minimum atomic E-state index is 0.181. The van der Waals surface area contributed by atoms with E-state index in [1.807, 2.05) is 0 Å². The summed E-state index contributed by atoms with van der Waals surface area (Å²) < 4.78 is 0. The van der Waals surface area contributed by atoms with Crippen LogP contribution >= 0.6 is 0 Å². The lowest BCUT2D eigenvalue weighted by Crippen LogP contribution is -2.47. The van der Waals surface area contributed by atoms with Crippen molar-refractivity contribution in [3.05, 3.63) is 0 Å². The number of amides is 1. The van der Waals surface area contributed by atoms with Crippen LogP contribution in [0.25, 0.3) is 0 Å². The average molecular weight is 266 g/mol. The van der Waals surface area contributed by atoms with Gasteiger partial charge in [0, 0.05) is 13.1 Å². The van der Waals surface area contributed by atoms with Gasteiger partial charge in [-0.05, 0) is 57.0 Å². The maximum Gasteiger partial charge on any atom is 0.239 e. The van der Waals surface area contributed by atoms with Gasteiger partial charge in [-0.15, -0.1) is 0 Å². The highest BCUT2D eigenvalue weighted by atomic mass is 16.2. The number of nitrogens with zero attached hydrogens (tertiary/aromatic N) is 2. The van der Waals surface area contributed by atoms with E-state index in [2.05, 4.69) is 30.6 Å². The molecular weight excluding hydrogens is 236 g/mol. The van der Waals surface area contributed by atoms with Crippen LogP contribution in [0.5, 0.6) is 0 Å². The Kier molecular flexibility index (Phi) is 4.88. The second-order valence-electron chi connectivity index (χ2n) is 7.39. The molecule has 0 aliphatic carbocycles. The second kappa shape index (κ2) is 6.25. The molecule has 1 amide bonds. The van der Waals surface area contributed by atoms with E-state index in [1.165, 1.54) is 32.1 Å². The van der Waals surface area contributed by atoms with Crippen molar-refractivity contribution in [2.24, 2.45) is 5.41 Å². The molecule has 0 N–H and O–H groups in total. The van der Waals surface area contributed by atoms with Crippen LogP contribution in [0.4, 0.5) is 0 Å². The van der Waals surface area contributed by atoms with Crippen LogP contribution in [0.15, 0.2) is 0 Å². The van der Waals surface area contributed by atoms with Crippen molar-refractivity contribution < 1.29 is 4.79 Å². The molecule has 2 saturated heterocycles. The standard InChI is InChI=1S/C16H30N2O/c1-16(2,3)9-13-17-12-7-8-14(17)15(19)18-10-5-4-6-11-18/h14H,4-13H2,1-3H3/t14-/m0/s1. The van der Waals surface area contributed by atoms with E-state index in [0.29, 0.717) is 11.3 Å². The van der Waals surface area contributed by atoms with Crippen LogP contribution in [-0.2, 0) is 4.79 Å². The van der Waals surface area contributed by atoms with E-state index >= 15 is 0 Å². The van der Waals surface area contributed by atoms with Crippen LogP contribution in [0.2, 0.25) is 0 Å². The molecule has 0 radical (unpaired) electrons. The van der Waals surface area contributed by atoms with Crippen molar-refractivity contribution in [1.82, 2.24) is 9.80 Å². The highest BCUT2D eigenvalue weighted by molar-refractivity contribution is 5.82. The number of rotatable bonds is 3. The van der Waals surface area contributed by atoms with E-state index in [-0.39, 0.29) is 6.04 Å². The van der Waals surface area contributed by atoms with Crippen molar-refractivity contribution in [3.8, 4) is 0 Å². The Morgan fingerprint density at radius 1 is 1.05 bits per heavy atom. The summed E-state index contributed by atoms with van der Waals surface area (Å²) in [6, 6.07) is 0.181. The minimum Gasteiger partial charge on any atom is -0.341 e. The molecule has 2 fully saturated rings. The van der Waals surface area contributed by atoms with Gasteiger partial charge in [0.1, 0.15) is 0 Å². The molecule has 2 heterocycles. The third-order valence-electron chi connectivity index (χ3n) is 4.47. The van der Waals surface area contributed by atoms with Gasteiger partial charge in [-0.3, -0.25) is 9.69 Å². The first kappa shape index (κ1) is 14.8. The SMILES string of the molecule is CC(C)(C)CCN1CCC[C@H]1C(=O)N1CCCCC1. The molecule has 0 unspecified atom stereocenters. The fourth-order valence-electron chi connectivity index (χ4n) is 3.18. The number of carbonyl (C=O) groups is 1. The fraction of sp³-hybridized carbons (Fsp3) is 0.938. The highest BCUT2D eigenvalue weighted by Gasteiger charge is 2.34. The number of hydrogen-bond acceptors (Lipinski definition) is 2. The first-order valence-electron chi connectivity index (χ1n) is 8.00. The summed E-state index contributed by atoms with van der Waals surface area (Å²) in [5.74, 6) is 0.408. The normalized spacial score (nSPS) is 25.8. The van der Waals surface area contributed by atoms with Crippen molar-refractivity contribution >= 4 is 5.91 Å². The monoisotopic (exact) mass is 266 g/mol. The number of likely N-dealkylation sites (tertiary alicyclic amines) is 2. The van der Waals surface area contributed by atoms with Crippen LogP contribution in [0.3, 0.4) is 0 Å². The van der Waals surface area contributed by atoms with Crippen molar-refractivity contribution in [2.75, 3.05) is 26.2 Å². The molecule has 0 saturated carbocycles. The summed E-state index contributed by atoms with van der Waals surface area (Å²) in [6.45, 7) is 11.0. The summed E-state index contributed by atoms with van der Waals surface area (Å²) in [5.41, 5.74) is 0.362. The van der Waals surface area contributed by atoms with E-state index < -0.39 is 0 Å². The number of piperidine rings is 1. The number of carbonyl (C=O) groups excluding carboxylic acids is 1. The van der Waals surface area contributed by atoms with Crippen LogP contribution < -0.4 is 0 Å². The lowest BCUT2D eigenvalue weighted by molar-refractivity contribution is -0.137. The molecular formula is C16H30N2O. The first-order valence-corrected chi connectivity index (χ1v) is 8.00. The van der Waals surface area contributed by atoms with Crippen molar-refractivity contribution in [3.63, 3.8) is 0 Å². The van der Waals surface area contributed by atoms with Crippen LogP contribution in [0.1, 0.15) is 59.3 Å². The highest BCUT2D eigenvalue weighted by Crippen LogP contribution is 2.25. The third kappa shape index (κ3) is 4.20. The summed E-state index contributed by atoms with van der Waals surface area (Å²) in [7, 11) is 0. The van der Waals surface area contributed by atoms with Gasteiger partial charge in [-0.2, -0.15) is 0 Å². The van der Waals surface area contributed by atoms with Gasteiger partial charge in [0.25, 0.3) is 0 Å². The van der Waals surface area contributed by atoms with Crippen molar-refractivity contribution in [1.29, 1.82) is 0 Å². The molecule has 2 rings (SSSR count). The topological polar surface area (TPSA) is 23.6 Å². The predicted molar refractivity (Wildman–Crippen MR) is 79.1 cm³/mol. The predicted octanol–water partition coefficient (Wildman–Crippen LogP) is 2.90. The van der Waals surface area contributed by atoms with Gasteiger partial charge in [0.05, 0.1) is 6.04 Å². The molecule has 0 aromatic carbocycles. The van der Waals surface area contributed by atoms with Crippen LogP contribution in [-0.4, -0.2) is 47.9 Å². The van der Waals surface area contributed by atoms with Gasteiger partial charge >= 0.3 is 0 Å². The van der Waals surface area contributed by atoms with E-state index in [0.717, 1.165) is 32.6 Å². The Morgan fingerprint density at radius 3 is 2.37 bits per heavy atom. The Morgan fingerprint density at radius 2 is 1.74 bits per heavy atom. The molecule has 2 aliphatic rings. The Hall–Kier alpha value is -0.570. The second-order valence-corrected chi connectivity index (χ2v) is 7.39. The Labute approximate surface area is 118 Å². The van der Waals surface area contributed by atoms with Gasteiger partial charge in [-0.25, -0.2) is 0 Å². The molecule has 2 aliphatic heterocycles. The summed E-state index contributed by atoms with van der Waals surface area (Å²) in [4.78, 5) is 17.2. The zero-order chi connectivity index (χ0) is 13.9. The molecule has 0 spiro atoms. The molecule has 19 heavy (non-hydrogen) atoms. The number of hydrogen-bond donors (Lipinski definition) is 0. The zero-order valence-electron chi connectivity index (χ0n) is 13.0. The maximum atomic E-state index is 12.6. The van der Waals surface area contributed by atoms with Crippen molar-refractivity contribution in [2.45, 2.75) is 65.3 Å². The maximum absolute atomic E-state index is 12.6. The Bertz CT molecular complexity index is 302. The van der Waals surface area contributed by atoms with Gasteiger partial charge < -0.3 is 4.90 Å². The molecule has 3 nitrogen and oxygen atoms in total. The minimum absolute atomic E-state index is 0.181. The lowest BCUT2D eigenvalue weighted by atomic mass is 9.92. The molecule has 1 atom stereocenters. The first-order chi connectivity index (χ1) is 8.97.